The highest BCUT2D eigenvalue weighted by molar-refractivity contribution is 6.10. The summed E-state index contributed by atoms with van der Waals surface area (Å²) in [5.74, 6) is 1.16. The largest absolute Gasteiger partial charge is 0.288 e. The molecule has 0 saturated carbocycles. The van der Waals surface area contributed by atoms with E-state index in [2.05, 4.69) is 44.5 Å². The van der Waals surface area contributed by atoms with Gasteiger partial charge in [-0.05, 0) is 12.0 Å². The molecule has 0 spiro atoms. The van der Waals surface area contributed by atoms with Crippen LogP contribution in [-0.2, 0) is 6.42 Å². The fourth-order valence-corrected chi connectivity index (χ4v) is 2.13. The molecule has 0 saturated heterocycles. The van der Waals surface area contributed by atoms with Crippen molar-refractivity contribution in [1.82, 2.24) is 25.4 Å². The van der Waals surface area contributed by atoms with Crippen molar-refractivity contribution in [2.75, 3.05) is 5.32 Å². The number of nitrogens with zero attached hydrogens (tertiary/aromatic N) is 3. The van der Waals surface area contributed by atoms with Gasteiger partial charge in [0.15, 0.2) is 5.69 Å². The molecule has 3 N–H and O–H groups in total. The molecule has 0 aliphatic carbocycles. The predicted molar refractivity (Wildman–Crippen MR) is 79.0 cm³/mol. The first kappa shape index (κ1) is 13.3. The Hall–Kier alpha value is -2.70. The van der Waals surface area contributed by atoms with E-state index < -0.39 is 0 Å². The first-order valence-electron chi connectivity index (χ1n) is 6.79. The Labute approximate surface area is 121 Å². The Balaban J connectivity index is 1.78. The molecule has 108 valence electrons. The molecule has 0 radical (unpaired) electrons. The average molecular weight is 284 g/mol. The summed E-state index contributed by atoms with van der Waals surface area (Å²) in [4.78, 5) is 16.5. The monoisotopic (exact) mass is 284 g/mol. The molecule has 2 aromatic heterocycles. The van der Waals surface area contributed by atoms with Crippen LogP contribution in [-0.4, -0.2) is 31.3 Å². The number of carbonyl (C=O) groups excluding carboxylic acids is 1. The number of aromatic nitrogens is 5. The third-order valence-electron chi connectivity index (χ3n) is 3.04. The maximum Gasteiger partial charge on any atom is 0.279 e. The van der Waals surface area contributed by atoms with Crippen LogP contribution >= 0.6 is 0 Å². The molecule has 2 heterocycles. The molecule has 0 aliphatic rings. The fraction of sp³-hybridized carbons (Fsp3) is 0.286. The molecule has 0 unspecified atom stereocenters. The van der Waals surface area contributed by atoms with Gasteiger partial charge in [0.1, 0.15) is 5.82 Å². The van der Waals surface area contributed by atoms with Gasteiger partial charge in [-0.3, -0.25) is 20.3 Å². The summed E-state index contributed by atoms with van der Waals surface area (Å²) >= 11 is 0. The maximum atomic E-state index is 12.2. The third-order valence-corrected chi connectivity index (χ3v) is 3.04. The number of hydrogen-bond acceptors (Lipinski definition) is 4. The van der Waals surface area contributed by atoms with Gasteiger partial charge in [0.2, 0.25) is 5.95 Å². The van der Waals surface area contributed by atoms with Gasteiger partial charge in [0.25, 0.3) is 5.91 Å². The molecule has 7 nitrogen and oxygen atoms in total. The summed E-state index contributed by atoms with van der Waals surface area (Å²) < 4.78 is 0. The molecular weight excluding hydrogens is 268 g/mol. The standard InChI is InChI=1S/C14H16N6O/c1-8(2)7-11-15-14(20-18-11)16-13(21)12-9-5-3-4-6-10(9)17-19-12/h3-6,8H,7H2,1-2H3,(H,17,19)(H2,15,16,18,20,21). The average Bonchev–Trinajstić information content (AvgIpc) is 3.04. The maximum absolute atomic E-state index is 12.2. The number of carbonyl (C=O) groups is 1. The zero-order valence-electron chi connectivity index (χ0n) is 11.8. The van der Waals surface area contributed by atoms with Gasteiger partial charge in [-0.1, -0.05) is 32.0 Å². The van der Waals surface area contributed by atoms with E-state index in [1.807, 2.05) is 24.3 Å². The Morgan fingerprint density at radius 3 is 2.86 bits per heavy atom. The molecule has 21 heavy (non-hydrogen) atoms. The van der Waals surface area contributed by atoms with Gasteiger partial charge in [-0.25, -0.2) is 0 Å². The van der Waals surface area contributed by atoms with Crippen LogP contribution < -0.4 is 5.32 Å². The van der Waals surface area contributed by atoms with Crippen molar-refractivity contribution in [3.05, 3.63) is 35.8 Å². The van der Waals surface area contributed by atoms with E-state index in [0.29, 0.717) is 11.6 Å². The van der Waals surface area contributed by atoms with Crippen molar-refractivity contribution >= 4 is 22.8 Å². The number of amides is 1. The van der Waals surface area contributed by atoms with Gasteiger partial charge in [-0.2, -0.15) is 10.1 Å². The lowest BCUT2D eigenvalue weighted by Crippen LogP contribution is -2.14. The second-order valence-corrected chi connectivity index (χ2v) is 5.28. The molecule has 3 rings (SSSR count). The molecule has 1 aromatic carbocycles. The highest BCUT2D eigenvalue weighted by Gasteiger charge is 2.16. The minimum absolute atomic E-state index is 0.266. The number of hydrogen-bond donors (Lipinski definition) is 3. The summed E-state index contributed by atoms with van der Waals surface area (Å²) in [6, 6.07) is 7.46. The molecule has 0 atom stereocenters. The Bertz CT molecular complexity index is 772. The molecular formula is C14H16N6O. The van der Waals surface area contributed by atoms with Crippen LogP contribution in [0.3, 0.4) is 0 Å². The Kier molecular flexibility index (Phi) is 3.39. The minimum atomic E-state index is -0.331. The summed E-state index contributed by atoms with van der Waals surface area (Å²) in [5, 5.41) is 17.1. The van der Waals surface area contributed by atoms with Crippen molar-refractivity contribution in [2.24, 2.45) is 5.92 Å². The highest BCUT2D eigenvalue weighted by atomic mass is 16.2. The number of H-pyrrole nitrogens is 2. The summed E-state index contributed by atoms with van der Waals surface area (Å²) in [6.07, 6.45) is 0.786. The number of para-hydroxylation sites is 1. The van der Waals surface area contributed by atoms with Crippen molar-refractivity contribution in [1.29, 1.82) is 0 Å². The van der Waals surface area contributed by atoms with Crippen LogP contribution in [0, 0.1) is 5.92 Å². The van der Waals surface area contributed by atoms with Crippen LogP contribution in [0.25, 0.3) is 10.9 Å². The molecule has 0 fully saturated rings. The molecule has 0 aliphatic heterocycles. The third kappa shape index (κ3) is 2.76. The number of aromatic amines is 2. The van der Waals surface area contributed by atoms with E-state index in [-0.39, 0.29) is 11.9 Å². The quantitative estimate of drug-likeness (QED) is 0.683. The van der Waals surface area contributed by atoms with Crippen molar-refractivity contribution in [3.63, 3.8) is 0 Å². The van der Waals surface area contributed by atoms with Gasteiger partial charge in [0, 0.05) is 11.8 Å². The zero-order chi connectivity index (χ0) is 14.8. The van der Waals surface area contributed by atoms with Crippen LogP contribution in [0.2, 0.25) is 0 Å². The lowest BCUT2D eigenvalue weighted by Gasteiger charge is -1.99. The topological polar surface area (TPSA) is 99.3 Å². The predicted octanol–water partition coefficient (Wildman–Crippen LogP) is 2.13. The first-order valence-corrected chi connectivity index (χ1v) is 6.79. The van der Waals surface area contributed by atoms with E-state index in [4.69, 9.17) is 0 Å². The van der Waals surface area contributed by atoms with Gasteiger partial charge in [-0.15, -0.1) is 5.10 Å². The molecule has 3 aromatic rings. The van der Waals surface area contributed by atoms with E-state index >= 15 is 0 Å². The number of anilines is 1. The SMILES string of the molecule is CC(C)Cc1nc(NC(=O)c2n[nH]c3ccccc23)n[nH]1. The normalized spacial score (nSPS) is 11.2. The molecule has 7 heteroatoms. The zero-order valence-corrected chi connectivity index (χ0v) is 11.8. The lowest BCUT2D eigenvalue weighted by molar-refractivity contribution is 0.102. The minimum Gasteiger partial charge on any atom is -0.288 e. The van der Waals surface area contributed by atoms with E-state index in [9.17, 15) is 4.79 Å². The fourth-order valence-electron chi connectivity index (χ4n) is 2.13. The van der Waals surface area contributed by atoms with Gasteiger partial charge in [0.05, 0.1) is 5.52 Å². The van der Waals surface area contributed by atoms with Crippen LogP contribution in [0.15, 0.2) is 24.3 Å². The van der Waals surface area contributed by atoms with E-state index in [1.54, 1.807) is 0 Å². The highest BCUT2D eigenvalue weighted by Crippen LogP contribution is 2.16. The first-order chi connectivity index (χ1) is 10.1. The van der Waals surface area contributed by atoms with Crippen molar-refractivity contribution in [3.8, 4) is 0 Å². The summed E-state index contributed by atoms with van der Waals surface area (Å²) in [7, 11) is 0. The second kappa shape index (κ2) is 5.35. The van der Waals surface area contributed by atoms with Crippen LogP contribution in [0.5, 0.6) is 0 Å². The van der Waals surface area contributed by atoms with Gasteiger partial charge >= 0.3 is 0 Å². The Morgan fingerprint density at radius 1 is 1.24 bits per heavy atom. The number of benzene rings is 1. The number of fused-ring (bicyclic) bond motifs is 1. The lowest BCUT2D eigenvalue weighted by atomic mass is 10.1. The van der Waals surface area contributed by atoms with E-state index in [1.165, 1.54) is 0 Å². The summed E-state index contributed by atoms with van der Waals surface area (Å²) in [6.45, 7) is 4.19. The number of rotatable bonds is 4. The van der Waals surface area contributed by atoms with Crippen molar-refractivity contribution in [2.45, 2.75) is 20.3 Å². The van der Waals surface area contributed by atoms with Gasteiger partial charge < -0.3 is 0 Å². The van der Waals surface area contributed by atoms with Crippen LogP contribution in [0.1, 0.15) is 30.2 Å². The van der Waals surface area contributed by atoms with Crippen LogP contribution in [0.4, 0.5) is 5.95 Å². The second-order valence-electron chi connectivity index (χ2n) is 5.28. The summed E-state index contributed by atoms with van der Waals surface area (Å²) in [5.41, 5.74) is 1.15. The van der Waals surface area contributed by atoms with Crippen molar-refractivity contribution < 1.29 is 4.79 Å². The van der Waals surface area contributed by atoms with E-state index in [0.717, 1.165) is 23.1 Å². The molecule has 0 bridgehead atoms. The Morgan fingerprint density at radius 2 is 2.05 bits per heavy atom. The smallest absolute Gasteiger partial charge is 0.279 e. The molecule has 1 amide bonds. The number of nitrogens with one attached hydrogen (secondary N) is 3.